The third-order valence-electron chi connectivity index (χ3n) is 4.84. The van der Waals surface area contributed by atoms with E-state index < -0.39 is 0 Å². The Morgan fingerprint density at radius 1 is 1.17 bits per heavy atom. The number of halogens is 1. The number of aryl methyl sites for hydroxylation is 1. The molecule has 1 spiro atoms. The van der Waals surface area contributed by atoms with Crippen LogP contribution in [0.15, 0.2) is 16.7 Å². The number of nitrogens with zero attached hydrogens (tertiary/aromatic N) is 2. The van der Waals surface area contributed by atoms with Gasteiger partial charge in [0.15, 0.2) is 0 Å². The van der Waals surface area contributed by atoms with Gasteiger partial charge in [0.25, 0.3) is 0 Å². The second kappa shape index (κ2) is 4.84. The van der Waals surface area contributed by atoms with Gasteiger partial charge >= 0.3 is 0 Å². The van der Waals surface area contributed by atoms with Crippen molar-refractivity contribution in [3.63, 3.8) is 0 Å². The topological polar surface area (TPSA) is 16.1 Å². The Labute approximate surface area is 118 Å². The van der Waals surface area contributed by atoms with Crippen LogP contribution in [0, 0.1) is 12.3 Å². The lowest BCUT2D eigenvalue weighted by molar-refractivity contribution is 0.226. The van der Waals surface area contributed by atoms with Crippen LogP contribution >= 0.6 is 15.9 Å². The van der Waals surface area contributed by atoms with Crippen LogP contribution in [0.25, 0.3) is 0 Å². The Morgan fingerprint density at radius 2 is 1.83 bits per heavy atom. The van der Waals surface area contributed by atoms with Crippen molar-refractivity contribution in [1.82, 2.24) is 4.98 Å². The third kappa shape index (κ3) is 2.29. The standard InChI is InChI=1S/C15H21BrN2/c1-12-10-14(17-11-13(12)16)18-8-6-15(7-9-18)4-2-3-5-15/h10-11H,2-9H2,1H3. The van der Waals surface area contributed by atoms with Gasteiger partial charge in [-0.25, -0.2) is 4.98 Å². The van der Waals surface area contributed by atoms with Gasteiger partial charge in [0, 0.05) is 23.8 Å². The molecule has 1 saturated heterocycles. The zero-order valence-corrected chi connectivity index (χ0v) is 12.7. The number of aromatic nitrogens is 1. The van der Waals surface area contributed by atoms with Gasteiger partial charge in [-0.15, -0.1) is 0 Å². The van der Waals surface area contributed by atoms with Crippen molar-refractivity contribution in [3.05, 3.63) is 22.3 Å². The average molecular weight is 309 g/mol. The number of hydrogen-bond donors (Lipinski definition) is 0. The van der Waals surface area contributed by atoms with E-state index in [1.54, 1.807) is 0 Å². The number of hydrogen-bond acceptors (Lipinski definition) is 2. The van der Waals surface area contributed by atoms with Crippen LogP contribution in [-0.4, -0.2) is 18.1 Å². The Hall–Kier alpha value is -0.570. The molecule has 18 heavy (non-hydrogen) atoms. The largest absolute Gasteiger partial charge is 0.357 e. The third-order valence-corrected chi connectivity index (χ3v) is 5.67. The van der Waals surface area contributed by atoms with Crippen molar-refractivity contribution in [2.45, 2.75) is 45.4 Å². The van der Waals surface area contributed by atoms with E-state index in [9.17, 15) is 0 Å². The maximum absolute atomic E-state index is 4.56. The Kier molecular flexibility index (Phi) is 3.35. The fraction of sp³-hybridized carbons (Fsp3) is 0.667. The molecule has 1 aromatic heterocycles. The molecular formula is C15H21BrN2. The Morgan fingerprint density at radius 3 is 2.44 bits per heavy atom. The molecule has 3 rings (SSSR count). The van der Waals surface area contributed by atoms with Crippen LogP contribution in [0.4, 0.5) is 5.82 Å². The summed E-state index contributed by atoms with van der Waals surface area (Å²) in [6.45, 7) is 4.51. The van der Waals surface area contributed by atoms with Gasteiger partial charge in [-0.2, -0.15) is 0 Å². The molecule has 0 radical (unpaired) electrons. The number of anilines is 1. The second-order valence-corrected chi connectivity index (χ2v) is 6.84. The lowest BCUT2D eigenvalue weighted by Gasteiger charge is -2.40. The number of piperidine rings is 1. The van der Waals surface area contributed by atoms with Crippen LogP contribution in [0.2, 0.25) is 0 Å². The smallest absolute Gasteiger partial charge is 0.128 e. The highest BCUT2D eigenvalue weighted by molar-refractivity contribution is 9.10. The Balaban J connectivity index is 1.70. The summed E-state index contributed by atoms with van der Waals surface area (Å²) in [6.07, 6.45) is 10.5. The summed E-state index contributed by atoms with van der Waals surface area (Å²) in [5.74, 6) is 1.16. The fourth-order valence-corrected chi connectivity index (χ4v) is 3.75. The molecule has 3 heteroatoms. The minimum Gasteiger partial charge on any atom is -0.357 e. The lowest BCUT2D eigenvalue weighted by atomic mass is 9.77. The fourth-order valence-electron chi connectivity index (χ4n) is 3.53. The van der Waals surface area contributed by atoms with E-state index in [0.29, 0.717) is 5.41 Å². The molecule has 0 bridgehead atoms. The molecule has 2 fully saturated rings. The zero-order chi connectivity index (χ0) is 12.6. The monoisotopic (exact) mass is 308 g/mol. The van der Waals surface area contributed by atoms with Crippen molar-refractivity contribution in [2.24, 2.45) is 5.41 Å². The molecule has 1 aromatic rings. The molecule has 2 nitrogen and oxygen atoms in total. The van der Waals surface area contributed by atoms with Crippen LogP contribution in [0.5, 0.6) is 0 Å². The quantitative estimate of drug-likeness (QED) is 0.768. The van der Waals surface area contributed by atoms with E-state index in [2.05, 4.69) is 38.8 Å². The van der Waals surface area contributed by atoms with Gasteiger partial charge < -0.3 is 4.90 Å². The average Bonchev–Trinajstić information content (AvgIpc) is 2.82. The van der Waals surface area contributed by atoms with Crippen molar-refractivity contribution in [3.8, 4) is 0 Å². The number of rotatable bonds is 1. The van der Waals surface area contributed by atoms with E-state index in [0.717, 1.165) is 10.3 Å². The molecule has 0 aromatic carbocycles. The molecule has 2 aliphatic rings. The molecule has 1 saturated carbocycles. The minimum atomic E-state index is 0.695. The molecule has 2 heterocycles. The van der Waals surface area contributed by atoms with Crippen molar-refractivity contribution >= 4 is 21.7 Å². The van der Waals surface area contributed by atoms with E-state index in [-0.39, 0.29) is 0 Å². The van der Waals surface area contributed by atoms with E-state index >= 15 is 0 Å². The molecule has 0 amide bonds. The van der Waals surface area contributed by atoms with Gasteiger partial charge in [0.05, 0.1) is 0 Å². The van der Waals surface area contributed by atoms with E-state index in [4.69, 9.17) is 0 Å². The lowest BCUT2D eigenvalue weighted by Crippen LogP contribution is -2.39. The zero-order valence-electron chi connectivity index (χ0n) is 11.1. The summed E-state index contributed by atoms with van der Waals surface area (Å²) in [4.78, 5) is 7.02. The van der Waals surface area contributed by atoms with Gasteiger partial charge in [-0.3, -0.25) is 0 Å². The van der Waals surface area contributed by atoms with Gasteiger partial charge in [0.1, 0.15) is 5.82 Å². The SMILES string of the molecule is Cc1cc(N2CCC3(CCCC3)CC2)ncc1Br. The molecule has 0 atom stereocenters. The second-order valence-electron chi connectivity index (χ2n) is 5.99. The summed E-state index contributed by atoms with van der Waals surface area (Å²) in [7, 11) is 0. The van der Waals surface area contributed by atoms with Crippen molar-refractivity contribution in [2.75, 3.05) is 18.0 Å². The predicted molar refractivity (Wildman–Crippen MR) is 79.0 cm³/mol. The highest BCUT2D eigenvalue weighted by Crippen LogP contribution is 2.46. The van der Waals surface area contributed by atoms with Crippen LogP contribution in [-0.2, 0) is 0 Å². The van der Waals surface area contributed by atoms with Crippen molar-refractivity contribution in [1.29, 1.82) is 0 Å². The first-order valence-corrected chi connectivity index (χ1v) is 7.85. The van der Waals surface area contributed by atoms with E-state index in [1.807, 2.05) is 6.20 Å². The maximum atomic E-state index is 4.56. The first kappa shape index (κ1) is 12.5. The van der Waals surface area contributed by atoms with Gasteiger partial charge in [-0.05, 0) is 65.6 Å². The minimum absolute atomic E-state index is 0.695. The van der Waals surface area contributed by atoms with Crippen LogP contribution in [0.3, 0.4) is 0 Å². The maximum Gasteiger partial charge on any atom is 0.128 e. The predicted octanol–water partition coefficient (Wildman–Crippen LogP) is 4.31. The van der Waals surface area contributed by atoms with Gasteiger partial charge in [-0.1, -0.05) is 12.8 Å². The summed E-state index contributed by atoms with van der Waals surface area (Å²) in [5.41, 5.74) is 1.97. The summed E-state index contributed by atoms with van der Waals surface area (Å²) >= 11 is 3.52. The van der Waals surface area contributed by atoms with E-state index in [1.165, 1.54) is 57.2 Å². The number of pyridine rings is 1. The molecule has 0 N–H and O–H groups in total. The van der Waals surface area contributed by atoms with Crippen molar-refractivity contribution < 1.29 is 0 Å². The van der Waals surface area contributed by atoms with Crippen LogP contribution in [0.1, 0.15) is 44.1 Å². The van der Waals surface area contributed by atoms with Gasteiger partial charge in [0.2, 0.25) is 0 Å². The summed E-state index contributed by atoms with van der Waals surface area (Å²) in [6, 6.07) is 2.21. The Bertz CT molecular complexity index is 428. The molecule has 0 unspecified atom stereocenters. The summed E-state index contributed by atoms with van der Waals surface area (Å²) in [5, 5.41) is 0. The molecule has 1 aliphatic carbocycles. The molecule has 1 aliphatic heterocycles. The first-order valence-electron chi connectivity index (χ1n) is 7.06. The highest BCUT2D eigenvalue weighted by Gasteiger charge is 2.37. The first-order chi connectivity index (χ1) is 8.69. The molecular weight excluding hydrogens is 288 g/mol. The van der Waals surface area contributed by atoms with Crippen LogP contribution < -0.4 is 4.90 Å². The molecule has 98 valence electrons. The summed E-state index contributed by atoms with van der Waals surface area (Å²) < 4.78 is 1.11. The normalized spacial score (nSPS) is 22.7. The highest BCUT2D eigenvalue weighted by atomic mass is 79.9.